The van der Waals surface area contributed by atoms with Crippen LogP contribution in [0.25, 0.3) is 5.57 Å². The largest absolute Gasteiger partial charge is 0.378 e. The average molecular weight is 442 g/mol. The number of non-ortho nitro benzene ring substituents is 1. The van der Waals surface area contributed by atoms with E-state index in [0.29, 0.717) is 49.0 Å². The van der Waals surface area contributed by atoms with Crippen molar-refractivity contribution in [2.45, 2.75) is 6.42 Å². The molecule has 4 rings (SSSR count). The Morgan fingerprint density at radius 3 is 2.23 bits per heavy atom. The minimum atomic E-state index is -0.499. The summed E-state index contributed by atoms with van der Waals surface area (Å²) >= 11 is 5.92. The van der Waals surface area contributed by atoms with Crippen molar-refractivity contribution in [2.75, 3.05) is 32.8 Å². The second kappa shape index (κ2) is 8.87. The summed E-state index contributed by atoms with van der Waals surface area (Å²) in [7, 11) is 0. The standard InChI is InChI=1S/C22H20ClN3O5/c23-17-5-1-15(2-6-17)9-10-25-21(27)19(16-3-7-18(8-4-16)26(29)30)20(22(25)28)24-11-13-31-14-12-24/h1-8H,9-14H2. The van der Waals surface area contributed by atoms with Crippen LogP contribution in [0.1, 0.15) is 11.1 Å². The van der Waals surface area contributed by atoms with E-state index >= 15 is 0 Å². The van der Waals surface area contributed by atoms with Crippen LogP contribution in [0.4, 0.5) is 5.69 Å². The Balaban J connectivity index is 1.64. The summed E-state index contributed by atoms with van der Waals surface area (Å²) in [4.78, 5) is 40.2. The van der Waals surface area contributed by atoms with Crippen molar-refractivity contribution < 1.29 is 19.2 Å². The highest BCUT2D eigenvalue weighted by molar-refractivity contribution is 6.35. The first kappa shape index (κ1) is 21.0. The van der Waals surface area contributed by atoms with Crippen LogP contribution in [0.3, 0.4) is 0 Å². The van der Waals surface area contributed by atoms with Crippen LogP contribution in [0.15, 0.2) is 54.2 Å². The molecule has 2 aliphatic rings. The van der Waals surface area contributed by atoms with E-state index in [9.17, 15) is 19.7 Å². The average Bonchev–Trinajstić information content (AvgIpc) is 3.03. The normalized spacial score (nSPS) is 16.9. The van der Waals surface area contributed by atoms with Gasteiger partial charge in [-0.05, 0) is 41.8 Å². The van der Waals surface area contributed by atoms with Gasteiger partial charge in [-0.25, -0.2) is 0 Å². The number of nitro groups is 1. The van der Waals surface area contributed by atoms with Crippen LogP contribution in [-0.2, 0) is 20.7 Å². The second-order valence-corrected chi connectivity index (χ2v) is 7.70. The monoisotopic (exact) mass is 441 g/mol. The van der Waals surface area contributed by atoms with Gasteiger partial charge in [0.2, 0.25) is 0 Å². The van der Waals surface area contributed by atoms with Crippen LogP contribution >= 0.6 is 11.6 Å². The molecular formula is C22H20ClN3O5. The molecule has 160 valence electrons. The maximum Gasteiger partial charge on any atom is 0.277 e. The lowest BCUT2D eigenvalue weighted by molar-refractivity contribution is -0.384. The molecular weight excluding hydrogens is 422 g/mol. The van der Waals surface area contributed by atoms with Gasteiger partial charge >= 0.3 is 0 Å². The number of hydrogen-bond acceptors (Lipinski definition) is 6. The van der Waals surface area contributed by atoms with E-state index in [1.54, 1.807) is 12.1 Å². The number of nitro benzene ring substituents is 1. The van der Waals surface area contributed by atoms with E-state index in [1.807, 2.05) is 17.0 Å². The molecule has 0 bridgehead atoms. The van der Waals surface area contributed by atoms with Gasteiger partial charge in [-0.15, -0.1) is 0 Å². The summed E-state index contributed by atoms with van der Waals surface area (Å²) in [6, 6.07) is 13.0. The first-order chi connectivity index (χ1) is 15.0. The lowest BCUT2D eigenvalue weighted by atomic mass is 10.0. The van der Waals surface area contributed by atoms with E-state index in [1.165, 1.54) is 29.2 Å². The van der Waals surface area contributed by atoms with Gasteiger partial charge < -0.3 is 9.64 Å². The van der Waals surface area contributed by atoms with E-state index in [-0.39, 0.29) is 23.7 Å². The summed E-state index contributed by atoms with van der Waals surface area (Å²) in [5.41, 5.74) is 1.98. The van der Waals surface area contributed by atoms with Gasteiger partial charge in [0.25, 0.3) is 17.5 Å². The van der Waals surface area contributed by atoms with Gasteiger partial charge in [0.15, 0.2) is 0 Å². The van der Waals surface area contributed by atoms with Crippen molar-refractivity contribution in [3.63, 3.8) is 0 Å². The molecule has 1 fully saturated rings. The molecule has 31 heavy (non-hydrogen) atoms. The molecule has 0 aliphatic carbocycles. The Bertz CT molecular complexity index is 1040. The zero-order chi connectivity index (χ0) is 22.0. The Morgan fingerprint density at radius 1 is 0.968 bits per heavy atom. The predicted octanol–water partition coefficient (Wildman–Crippen LogP) is 2.90. The minimum absolute atomic E-state index is 0.0753. The maximum atomic E-state index is 13.3. The predicted molar refractivity (Wildman–Crippen MR) is 114 cm³/mol. The Morgan fingerprint density at radius 2 is 1.61 bits per heavy atom. The van der Waals surface area contributed by atoms with Gasteiger partial charge in [-0.2, -0.15) is 0 Å². The number of hydrogen-bond donors (Lipinski definition) is 0. The summed E-state index contributed by atoms with van der Waals surface area (Å²) < 4.78 is 5.39. The smallest absolute Gasteiger partial charge is 0.277 e. The summed E-state index contributed by atoms with van der Waals surface area (Å²) in [5, 5.41) is 11.6. The minimum Gasteiger partial charge on any atom is -0.378 e. The van der Waals surface area contributed by atoms with Crippen LogP contribution in [-0.4, -0.2) is 59.4 Å². The van der Waals surface area contributed by atoms with Crippen molar-refractivity contribution in [1.29, 1.82) is 0 Å². The molecule has 0 aromatic heterocycles. The van der Waals surface area contributed by atoms with Crippen LogP contribution in [0.5, 0.6) is 0 Å². The molecule has 1 saturated heterocycles. The zero-order valence-corrected chi connectivity index (χ0v) is 17.4. The first-order valence-electron chi connectivity index (χ1n) is 9.88. The second-order valence-electron chi connectivity index (χ2n) is 7.27. The third kappa shape index (κ3) is 4.30. The first-order valence-corrected chi connectivity index (χ1v) is 10.3. The Kier molecular flexibility index (Phi) is 6.01. The Hall–Kier alpha value is -3.23. The van der Waals surface area contributed by atoms with Crippen LogP contribution in [0, 0.1) is 10.1 Å². The van der Waals surface area contributed by atoms with E-state index in [0.717, 1.165) is 5.56 Å². The molecule has 0 atom stereocenters. The van der Waals surface area contributed by atoms with E-state index in [2.05, 4.69) is 0 Å². The number of halogens is 1. The molecule has 2 aromatic carbocycles. The molecule has 0 spiro atoms. The SMILES string of the molecule is O=C1C(c2ccc([N+](=O)[O-])cc2)=C(N2CCOCC2)C(=O)N1CCc1ccc(Cl)cc1. The molecule has 2 amide bonds. The number of carbonyl (C=O) groups is 2. The number of benzene rings is 2. The lowest BCUT2D eigenvalue weighted by Gasteiger charge is -2.29. The zero-order valence-electron chi connectivity index (χ0n) is 16.6. The number of amides is 2. The van der Waals surface area contributed by atoms with Gasteiger partial charge in [0.05, 0.1) is 23.7 Å². The summed E-state index contributed by atoms with van der Waals surface area (Å²) in [6.07, 6.45) is 0.499. The quantitative estimate of drug-likeness (QED) is 0.389. The van der Waals surface area contributed by atoms with Gasteiger partial charge in [-0.3, -0.25) is 24.6 Å². The number of imide groups is 1. The molecule has 0 unspecified atom stereocenters. The van der Waals surface area contributed by atoms with Crippen molar-refractivity contribution in [1.82, 2.24) is 9.80 Å². The number of carbonyl (C=O) groups excluding carboxylic acids is 2. The molecule has 2 aliphatic heterocycles. The molecule has 2 heterocycles. The molecule has 0 radical (unpaired) electrons. The van der Waals surface area contributed by atoms with Gasteiger partial charge in [0.1, 0.15) is 5.70 Å². The van der Waals surface area contributed by atoms with E-state index < -0.39 is 10.8 Å². The van der Waals surface area contributed by atoms with Crippen LogP contribution in [0.2, 0.25) is 5.02 Å². The number of morpholine rings is 1. The van der Waals surface area contributed by atoms with Crippen molar-refractivity contribution in [3.05, 3.63) is 80.5 Å². The third-order valence-electron chi connectivity index (χ3n) is 5.38. The third-order valence-corrected chi connectivity index (χ3v) is 5.63. The van der Waals surface area contributed by atoms with Crippen molar-refractivity contribution >= 4 is 34.7 Å². The fourth-order valence-corrected chi connectivity index (χ4v) is 3.87. The maximum absolute atomic E-state index is 13.3. The van der Waals surface area contributed by atoms with Crippen molar-refractivity contribution in [2.24, 2.45) is 0 Å². The van der Waals surface area contributed by atoms with Gasteiger partial charge in [-0.1, -0.05) is 23.7 Å². The topological polar surface area (TPSA) is 93.0 Å². The summed E-state index contributed by atoms with van der Waals surface area (Å²) in [5.74, 6) is -0.747. The molecule has 0 saturated carbocycles. The Labute approximate surface area is 183 Å². The lowest BCUT2D eigenvalue weighted by Crippen LogP contribution is -2.40. The highest BCUT2D eigenvalue weighted by Gasteiger charge is 2.41. The van der Waals surface area contributed by atoms with Crippen LogP contribution < -0.4 is 0 Å². The number of nitrogens with zero attached hydrogens (tertiary/aromatic N) is 3. The molecule has 8 nitrogen and oxygen atoms in total. The van der Waals surface area contributed by atoms with Crippen molar-refractivity contribution in [3.8, 4) is 0 Å². The van der Waals surface area contributed by atoms with E-state index in [4.69, 9.17) is 16.3 Å². The number of ether oxygens (including phenoxy) is 1. The van der Waals surface area contributed by atoms with Gasteiger partial charge in [0, 0.05) is 36.8 Å². The number of rotatable bonds is 6. The molecule has 2 aromatic rings. The highest BCUT2D eigenvalue weighted by atomic mass is 35.5. The molecule has 0 N–H and O–H groups in total. The summed E-state index contributed by atoms with van der Waals surface area (Å²) in [6.45, 7) is 2.14. The molecule has 9 heteroatoms. The fraction of sp³-hybridized carbons (Fsp3) is 0.273. The fourth-order valence-electron chi connectivity index (χ4n) is 3.75. The highest BCUT2D eigenvalue weighted by Crippen LogP contribution is 2.33.